The molecule has 0 aliphatic carbocycles. The summed E-state index contributed by atoms with van der Waals surface area (Å²) < 4.78 is 33.1. The smallest absolute Gasteiger partial charge is 0.475 e. The first-order valence-corrected chi connectivity index (χ1v) is 4.72. The number of aromatic nitrogens is 3. The number of nitrogens with zero attached hydrogens (tertiary/aromatic N) is 4. The summed E-state index contributed by atoms with van der Waals surface area (Å²) in [6.07, 6.45) is -3.02. The van der Waals surface area contributed by atoms with E-state index >= 15 is 0 Å². The van der Waals surface area contributed by atoms with Gasteiger partial charge >= 0.3 is 18.1 Å². The lowest BCUT2D eigenvalue weighted by atomic mass is 10.4. The maximum absolute atomic E-state index is 10.6. The number of rotatable bonds is 4. The van der Waals surface area contributed by atoms with E-state index in [1.807, 2.05) is 0 Å². The fourth-order valence-electron chi connectivity index (χ4n) is 0.729. The summed E-state index contributed by atoms with van der Waals surface area (Å²) in [5.41, 5.74) is 5.25. The number of aryl methyl sites for hydroxylation is 1. The number of carboxylic acids is 1. The van der Waals surface area contributed by atoms with Gasteiger partial charge in [-0.2, -0.15) is 17.9 Å². The first kappa shape index (κ1) is 16.8. The molecule has 9 nitrogen and oxygen atoms in total. The summed E-state index contributed by atoms with van der Waals surface area (Å²) in [5.74, 6) is -3.13. The van der Waals surface area contributed by atoms with E-state index in [0.717, 1.165) is 6.42 Å². The second-order valence-corrected chi connectivity index (χ2v) is 3.01. The third-order valence-corrected chi connectivity index (χ3v) is 1.52. The number of aliphatic carboxylic acids is 1. The van der Waals surface area contributed by atoms with Gasteiger partial charge in [0.2, 0.25) is 6.33 Å². The number of carbonyl (C=O) groups is 1. The van der Waals surface area contributed by atoms with E-state index in [9.17, 15) is 23.3 Å². The zero-order chi connectivity index (χ0) is 15.1. The van der Waals surface area contributed by atoms with E-state index in [1.54, 1.807) is 0 Å². The van der Waals surface area contributed by atoms with E-state index in [-0.39, 0.29) is 5.95 Å². The van der Waals surface area contributed by atoms with Crippen molar-refractivity contribution in [2.45, 2.75) is 19.1 Å². The van der Waals surface area contributed by atoms with Crippen molar-refractivity contribution >= 4 is 11.9 Å². The van der Waals surface area contributed by atoms with Gasteiger partial charge in [-0.25, -0.2) is 4.79 Å². The van der Waals surface area contributed by atoms with Gasteiger partial charge in [-0.05, 0) is 17.9 Å². The van der Waals surface area contributed by atoms with Crippen LogP contribution < -0.4 is 5.73 Å². The number of carboxylic acid groups (broad SMARTS) is 1. The van der Waals surface area contributed by atoms with Crippen molar-refractivity contribution in [1.82, 2.24) is 14.8 Å². The van der Waals surface area contributed by atoms with E-state index in [2.05, 4.69) is 10.1 Å². The summed E-state index contributed by atoms with van der Waals surface area (Å²) >= 11 is 0. The lowest BCUT2D eigenvalue weighted by Gasteiger charge is -1.93. The Balaban J connectivity index is 0.000000399. The number of nitro groups is 1. The van der Waals surface area contributed by atoms with Crippen molar-refractivity contribution in [3.05, 3.63) is 16.4 Å². The van der Waals surface area contributed by atoms with Crippen molar-refractivity contribution in [3.63, 3.8) is 0 Å². The van der Waals surface area contributed by atoms with Gasteiger partial charge in [-0.3, -0.25) is 0 Å². The molecule has 0 aromatic carbocycles. The zero-order valence-electron chi connectivity index (χ0n) is 9.37. The molecule has 3 N–H and O–H groups in total. The molecule has 12 heteroatoms. The minimum absolute atomic E-state index is 0.368. The van der Waals surface area contributed by atoms with Gasteiger partial charge in [0.15, 0.2) is 0 Å². The van der Waals surface area contributed by atoms with Gasteiger partial charge in [0.25, 0.3) is 0 Å². The molecule has 0 unspecified atom stereocenters. The van der Waals surface area contributed by atoms with Gasteiger partial charge in [-0.15, -0.1) is 0 Å². The summed E-state index contributed by atoms with van der Waals surface area (Å²) in [5, 5.41) is 20.9. The molecule has 0 fully saturated rings. The predicted octanol–water partition coefficient (Wildman–Crippen LogP) is 0.168. The maximum Gasteiger partial charge on any atom is 0.490 e. The fraction of sp³-hybridized carbons (Fsp3) is 0.571. The molecule has 0 aliphatic heterocycles. The van der Waals surface area contributed by atoms with Crippen molar-refractivity contribution < 1.29 is 28.0 Å². The van der Waals surface area contributed by atoms with Crippen LogP contribution in [0, 0.1) is 10.1 Å². The minimum Gasteiger partial charge on any atom is -0.475 e. The lowest BCUT2D eigenvalue weighted by molar-refractivity contribution is -0.394. The summed E-state index contributed by atoms with van der Waals surface area (Å²) in [7, 11) is 0. The average Bonchev–Trinajstić information content (AvgIpc) is 2.74. The average molecular weight is 285 g/mol. The van der Waals surface area contributed by atoms with E-state index in [1.165, 1.54) is 11.0 Å². The molecule has 1 aromatic heterocycles. The molecule has 0 spiro atoms. The highest BCUT2D eigenvalue weighted by atomic mass is 19.4. The van der Waals surface area contributed by atoms with E-state index in [4.69, 9.17) is 15.6 Å². The van der Waals surface area contributed by atoms with Crippen molar-refractivity contribution in [3.8, 4) is 0 Å². The molecule has 0 saturated heterocycles. The SMILES string of the molecule is NCCCn1cnc([N+](=O)[O-])n1.O=C(O)C(F)(F)F. The standard InChI is InChI=1S/C5H9N5O2.C2HF3O2/c6-2-1-3-9-4-7-5(8-9)10(11)12;3-2(4,5)1(6)7/h4H,1-3,6H2;(H,6,7). The number of hydrogen-bond donors (Lipinski definition) is 2. The molecule has 0 bridgehead atoms. The molecule has 108 valence electrons. The highest BCUT2D eigenvalue weighted by Gasteiger charge is 2.38. The van der Waals surface area contributed by atoms with Crippen LogP contribution in [0.5, 0.6) is 0 Å². The second kappa shape index (κ2) is 7.25. The van der Waals surface area contributed by atoms with E-state index < -0.39 is 17.1 Å². The second-order valence-electron chi connectivity index (χ2n) is 3.01. The van der Waals surface area contributed by atoms with Crippen LogP contribution in [0.4, 0.5) is 19.1 Å². The molecule has 0 aliphatic rings. The highest BCUT2D eigenvalue weighted by Crippen LogP contribution is 2.13. The van der Waals surface area contributed by atoms with Crippen LogP contribution in [0.25, 0.3) is 0 Å². The number of hydrogen-bond acceptors (Lipinski definition) is 6. The summed E-state index contributed by atoms with van der Waals surface area (Å²) in [4.78, 5) is 21.9. The molecule has 1 rings (SSSR count). The molecule has 0 atom stereocenters. The van der Waals surface area contributed by atoms with Crippen LogP contribution in [-0.2, 0) is 11.3 Å². The van der Waals surface area contributed by atoms with Crippen molar-refractivity contribution in [1.29, 1.82) is 0 Å². The van der Waals surface area contributed by atoms with Gasteiger partial charge in [0.05, 0.1) is 6.54 Å². The molecule has 19 heavy (non-hydrogen) atoms. The Kier molecular flexibility index (Phi) is 6.40. The van der Waals surface area contributed by atoms with Crippen molar-refractivity contribution in [2.75, 3.05) is 6.54 Å². The van der Waals surface area contributed by atoms with Gasteiger partial charge in [0.1, 0.15) is 0 Å². The van der Waals surface area contributed by atoms with Gasteiger partial charge in [0, 0.05) is 5.10 Å². The Labute approximate surface area is 104 Å². The van der Waals surface area contributed by atoms with Crippen LogP contribution in [0.3, 0.4) is 0 Å². The Morgan fingerprint density at radius 1 is 1.58 bits per heavy atom. The minimum atomic E-state index is -5.08. The largest absolute Gasteiger partial charge is 0.490 e. The Bertz CT molecular complexity index is 433. The molecule has 0 saturated carbocycles. The molecular formula is C7H10F3N5O4. The van der Waals surface area contributed by atoms with Crippen molar-refractivity contribution in [2.24, 2.45) is 5.73 Å². The Hall–Kier alpha value is -2.24. The first-order valence-electron chi connectivity index (χ1n) is 4.72. The predicted molar refractivity (Wildman–Crippen MR) is 54.0 cm³/mol. The van der Waals surface area contributed by atoms with Crippen LogP contribution in [0.1, 0.15) is 6.42 Å². The Morgan fingerprint density at radius 2 is 2.11 bits per heavy atom. The third-order valence-electron chi connectivity index (χ3n) is 1.52. The molecular weight excluding hydrogens is 275 g/mol. The topological polar surface area (TPSA) is 137 Å². The quantitative estimate of drug-likeness (QED) is 0.594. The fourth-order valence-corrected chi connectivity index (χ4v) is 0.729. The van der Waals surface area contributed by atoms with Crippen LogP contribution in [-0.4, -0.2) is 43.5 Å². The van der Waals surface area contributed by atoms with Crippen LogP contribution in [0.15, 0.2) is 6.33 Å². The van der Waals surface area contributed by atoms with Crippen LogP contribution >= 0.6 is 0 Å². The number of halogens is 3. The zero-order valence-corrected chi connectivity index (χ0v) is 9.37. The van der Waals surface area contributed by atoms with Gasteiger partial charge < -0.3 is 21.0 Å². The normalized spacial score (nSPS) is 10.5. The Morgan fingerprint density at radius 3 is 2.42 bits per heavy atom. The number of alkyl halides is 3. The van der Waals surface area contributed by atoms with Gasteiger partial charge in [-0.1, -0.05) is 4.98 Å². The summed E-state index contributed by atoms with van der Waals surface area (Å²) in [6.45, 7) is 1.10. The lowest BCUT2D eigenvalue weighted by Crippen LogP contribution is -2.21. The van der Waals surface area contributed by atoms with E-state index in [0.29, 0.717) is 13.1 Å². The molecule has 0 radical (unpaired) electrons. The third kappa shape index (κ3) is 6.92. The monoisotopic (exact) mass is 285 g/mol. The molecule has 1 heterocycles. The van der Waals surface area contributed by atoms with Crippen LogP contribution in [0.2, 0.25) is 0 Å². The maximum atomic E-state index is 10.6. The molecule has 1 aromatic rings. The molecule has 0 amide bonds. The summed E-state index contributed by atoms with van der Waals surface area (Å²) in [6, 6.07) is 0. The first-order chi connectivity index (χ1) is 8.68. The number of nitrogens with two attached hydrogens (primary N) is 1. The highest BCUT2D eigenvalue weighted by molar-refractivity contribution is 5.73.